The van der Waals surface area contributed by atoms with Crippen LogP contribution in [0, 0.1) is 5.92 Å². The Kier molecular flexibility index (Phi) is 7.22. The molecule has 0 bridgehead atoms. The Labute approximate surface area is 106 Å². The second-order valence-electron chi connectivity index (χ2n) is 5.17. The van der Waals surface area contributed by atoms with E-state index in [0.717, 1.165) is 19.4 Å². The molecule has 0 saturated carbocycles. The quantitative estimate of drug-likeness (QED) is 0.468. The lowest BCUT2D eigenvalue weighted by Gasteiger charge is -2.15. The molecule has 0 radical (unpaired) electrons. The SMILES string of the molecule is CC(C)CC(C)OCOCCC1=CC=CCC1. The summed E-state index contributed by atoms with van der Waals surface area (Å²) in [6.45, 7) is 7.73. The van der Waals surface area contributed by atoms with Gasteiger partial charge in [0.2, 0.25) is 0 Å². The summed E-state index contributed by atoms with van der Waals surface area (Å²) in [5, 5.41) is 0. The van der Waals surface area contributed by atoms with Crippen LogP contribution >= 0.6 is 0 Å². The maximum absolute atomic E-state index is 5.59. The second-order valence-corrected chi connectivity index (χ2v) is 5.17. The van der Waals surface area contributed by atoms with Gasteiger partial charge >= 0.3 is 0 Å². The monoisotopic (exact) mass is 238 g/mol. The third kappa shape index (κ3) is 7.35. The fourth-order valence-electron chi connectivity index (χ4n) is 2.02. The Hall–Kier alpha value is -0.600. The molecule has 2 nitrogen and oxygen atoms in total. The molecule has 1 atom stereocenters. The molecule has 1 unspecified atom stereocenters. The third-order valence-corrected chi connectivity index (χ3v) is 2.91. The molecule has 1 aliphatic carbocycles. The summed E-state index contributed by atoms with van der Waals surface area (Å²) >= 11 is 0. The zero-order chi connectivity index (χ0) is 12.5. The second kappa shape index (κ2) is 8.48. The van der Waals surface area contributed by atoms with Gasteiger partial charge in [-0.15, -0.1) is 0 Å². The Morgan fingerprint density at radius 3 is 2.76 bits per heavy atom. The van der Waals surface area contributed by atoms with Crippen molar-refractivity contribution >= 4 is 0 Å². The van der Waals surface area contributed by atoms with Gasteiger partial charge in [-0.2, -0.15) is 0 Å². The van der Waals surface area contributed by atoms with Crippen LogP contribution in [0.1, 0.15) is 46.5 Å². The van der Waals surface area contributed by atoms with E-state index in [2.05, 4.69) is 39.0 Å². The summed E-state index contributed by atoms with van der Waals surface area (Å²) in [5.41, 5.74) is 1.49. The minimum Gasteiger partial charge on any atom is -0.355 e. The Bertz CT molecular complexity index is 254. The van der Waals surface area contributed by atoms with Crippen molar-refractivity contribution in [1.29, 1.82) is 0 Å². The van der Waals surface area contributed by atoms with Crippen LogP contribution in [0.4, 0.5) is 0 Å². The molecule has 0 aliphatic heterocycles. The van der Waals surface area contributed by atoms with Gasteiger partial charge in [-0.25, -0.2) is 0 Å². The van der Waals surface area contributed by atoms with Gasteiger partial charge in [0.1, 0.15) is 6.79 Å². The number of hydrogen-bond donors (Lipinski definition) is 0. The molecule has 0 saturated heterocycles. The van der Waals surface area contributed by atoms with E-state index in [-0.39, 0.29) is 0 Å². The number of rotatable bonds is 8. The van der Waals surface area contributed by atoms with E-state index in [4.69, 9.17) is 9.47 Å². The highest BCUT2D eigenvalue weighted by Gasteiger charge is 2.05. The number of hydrogen-bond acceptors (Lipinski definition) is 2. The van der Waals surface area contributed by atoms with Gasteiger partial charge in [0.25, 0.3) is 0 Å². The molecule has 0 aromatic carbocycles. The molecule has 1 aliphatic rings. The fourth-order valence-corrected chi connectivity index (χ4v) is 2.02. The molecule has 0 aromatic rings. The number of allylic oxidation sites excluding steroid dienone is 3. The van der Waals surface area contributed by atoms with E-state index in [9.17, 15) is 0 Å². The van der Waals surface area contributed by atoms with Crippen LogP contribution in [0.15, 0.2) is 23.8 Å². The first-order valence-electron chi connectivity index (χ1n) is 6.72. The first kappa shape index (κ1) is 14.5. The van der Waals surface area contributed by atoms with Crippen molar-refractivity contribution in [3.05, 3.63) is 23.8 Å². The molecule has 1 rings (SSSR count). The van der Waals surface area contributed by atoms with Crippen LogP contribution in [-0.4, -0.2) is 19.5 Å². The Morgan fingerprint density at radius 2 is 2.12 bits per heavy atom. The molecular weight excluding hydrogens is 212 g/mol. The van der Waals surface area contributed by atoms with Gasteiger partial charge in [-0.3, -0.25) is 0 Å². The summed E-state index contributed by atoms with van der Waals surface area (Å²) in [7, 11) is 0. The van der Waals surface area contributed by atoms with Crippen LogP contribution in [-0.2, 0) is 9.47 Å². The molecule has 17 heavy (non-hydrogen) atoms. The van der Waals surface area contributed by atoms with E-state index in [1.54, 1.807) is 0 Å². The average Bonchev–Trinajstić information content (AvgIpc) is 2.29. The first-order valence-corrected chi connectivity index (χ1v) is 6.72. The summed E-state index contributed by atoms with van der Waals surface area (Å²) in [4.78, 5) is 0. The molecule has 2 heteroatoms. The van der Waals surface area contributed by atoms with Crippen molar-refractivity contribution in [2.45, 2.75) is 52.6 Å². The van der Waals surface area contributed by atoms with Crippen molar-refractivity contribution in [2.75, 3.05) is 13.4 Å². The smallest absolute Gasteiger partial charge is 0.147 e. The first-order chi connectivity index (χ1) is 8.18. The lowest BCUT2D eigenvalue weighted by atomic mass is 10.0. The van der Waals surface area contributed by atoms with Crippen molar-refractivity contribution < 1.29 is 9.47 Å². The highest BCUT2D eigenvalue weighted by Crippen LogP contribution is 2.15. The van der Waals surface area contributed by atoms with E-state index < -0.39 is 0 Å². The highest BCUT2D eigenvalue weighted by molar-refractivity contribution is 5.17. The maximum atomic E-state index is 5.59. The van der Waals surface area contributed by atoms with Crippen LogP contribution in [0.2, 0.25) is 0 Å². The van der Waals surface area contributed by atoms with E-state index in [1.807, 2.05) is 0 Å². The molecular formula is C15H26O2. The van der Waals surface area contributed by atoms with Gasteiger partial charge in [-0.05, 0) is 38.5 Å². The van der Waals surface area contributed by atoms with Crippen LogP contribution in [0.3, 0.4) is 0 Å². The minimum atomic E-state index is 0.298. The molecule has 0 aromatic heterocycles. The topological polar surface area (TPSA) is 18.5 Å². The van der Waals surface area contributed by atoms with Gasteiger partial charge in [-0.1, -0.05) is 37.6 Å². The lowest BCUT2D eigenvalue weighted by molar-refractivity contribution is -0.0876. The molecule has 0 heterocycles. The maximum Gasteiger partial charge on any atom is 0.147 e. The van der Waals surface area contributed by atoms with E-state index >= 15 is 0 Å². The van der Waals surface area contributed by atoms with E-state index in [0.29, 0.717) is 18.8 Å². The van der Waals surface area contributed by atoms with Gasteiger partial charge in [0.15, 0.2) is 0 Å². The van der Waals surface area contributed by atoms with Gasteiger partial charge < -0.3 is 9.47 Å². The fraction of sp³-hybridized carbons (Fsp3) is 0.733. The zero-order valence-electron chi connectivity index (χ0n) is 11.4. The van der Waals surface area contributed by atoms with Crippen molar-refractivity contribution in [2.24, 2.45) is 5.92 Å². The summed E-state index contributed by atoms with van der Waals surface area (Å²) in [6, 6.07) is 0. The summed E-state index contributed by atoms with van der Waals surface area (Å²) in [5.74, 6) is 0.684. The van der Waals surface area contributed by atoms with Crippen LogP contribution < -0.4 is 0 Å². The minimum absolute atomic E-state index is 0.298. The standard InChI is InChI=1S/C15H26O2/c1-13(2)11-14(3)17-12-16-10-9-15-7-5-4-6-8-15/h4-5,7,13-14H,6,8-12H2,1-3H3. The average molecular weight is 238 g/mol. The summed E-state index contributed by atoms with van der Waals surface area (Å²) in [6.07, 6.45) is 11.3. The highest BCUT2D eigenvalue weighted by atomic mass is 16.7. The molecule has 0 spiro atoms. The van der Waals surface area contributed by atoms with Gasteiger partial charge in [0.05, 0.1) is 12.7 Å². The number of ether oxygens (including phenoxy) is 2. The largest absolute Gasteiger partial charge is 0.355 e. The third-order valence-electron chi connectivity index (χ3n) is 2.91. The van der Waals surface area contributed by atoms with Crippen LogP contribution in [0.5, 0.6) is 0 Å². The molecule has 0 N–H and O–H groups in total. The normalized spacial score (nSPS) is 17.3. The Balaban J connectivity index is 1.97. The van der Waals surface area contributed by atoms with E-state index in [1.165, 1.54) is 18.4 Å². The van der Waals surface area contributed by atoms with Crippen LogP contribution in [0.25, 0.3) is 0 Å². The van der Waals surface area contributed by atoms with Crippen molar-refractivity contribution in [3.63, 3.8) is 0 Å². The molecule has 0 amide bonds. The lowest BCUT2D eigenvalue weighted by Crippen LogP contribution is -2.14. The molecule has 0 fully saturated rings. The summed E-state index contributed by atoms with van der Waals surface area (Å²) < 4.78 is 11.1. The Morgan fingerprint density at radius 1 is 1.29 bits per heavy atom. The molecule has 98 valence electrons. The predicted octanol–water partition coefficient (Wildman–Crippen LogP) is 4.08. The zero-order valence-corrected chi connectivity index (χ0v) is 11.4. The van der Waals surface area contributed by atoms with Crippen molar-refractivity contribution in [3.8, 4) is 0 Å². The predicted molar refractivity (Wildman–Crippen MR) is 71.9 cm³/mol. The van der Waals surface area contributed by atoms with Gasteiger partial charge in [0, 0.05) is 0 Å². The van der Waals surface area contributed by atoms with Crippen molar-refractivity contribution in [1.82, 2.24) is 0 Å².